The normalized spacial score (nSPS) is 14.7. The van der Waals surface area contributed by atoms with Crippen molar-refractivity contribution >= 4 is 35.0 Å². The number of para-hydroxylation sites is 2. The third-order valence-electron chi connectivity index (χ3n) is 6.34. The zero-order valence-corrected chi connectivity index (χ0v) is 23.1. The van der Waals surface area contributed by atoms with Crippen molar-refractivity contribution in [2.75, 3.05) is 18.5 Å². The number of carbonyl (C=O) groups excluding carboxylic acids is 2. The van der Waals surface area contributed by atoms with E-state index in [0.717, 1.165) is 11.3 Å². The minimum absolute atomic E-state index is 0.241. The molecule has 1 aliphatic rings. The number of esters is 1. The molecule has 1 atom stereocenters. The Hall–Kier alpha value is -4.83. The molecule has 1 aromatic heterocycles. The Kier molecular flexibility index (Phi) is 8.21. The summed E-state index contributed by atoms with van der Waals surface area (Å²) in [5.74, 6) is -0.950. The number of carbonyl (C=O) groups is 2. The van der Waals surface area contributed by atoms with Crippen molar-refractivity contribution in [3.05, 3.63) is 127 Å². The Morgan fingerprint density at radius 1 is 1.05 bits per heavy atom. The maximum Gasteiger partial charge on any atom is 0.344 e. The van der Waals surface area contributed by atoms with Crippen LogP contribution in [0.4, 0.5) is 10.1 Å². The number of amides is 1. The maximum atomic E-state index is 13.9. The number of nitrogens with one attached hydrogen (secondary N) is 1. The number of rotatable bonds is 8. The largest absolute Gasteiger partial charge is 0.481 e. The number of nitrogens with zero attached hydrogens (tertiary/aromatic N) is 2. The van der Waals surface area contributed by atoms with Crippen LogP contribution in [0, 0.1) is 5.82 Å². The summed E-state index contributed by atoms with van der Waals surface area (Å²) in [7, 11) is 0. The van der Waals surface area contributed by atoms with Gasteiger partial charge in [-0.1, -0.05) is 59.9 Å². The molecule has 0 spiro atoms. The molecule has 41 heavy (non-hydrogen) atoms. The first-order valence-electron chi connectivity index (χ1n) is 12.9. The Labute approximate surface area is 238 Å². The molecule has 0 radical (unpaired) electrons. The van der Waals surface area contributed by atoms with Gasteiger partial charge in [-0.25, -0.2) is 14.2 Å². The first kappa shape index (κ1) is 27.7. The SMILES string of the molecule is CCOC(=O)COc1ccccc1C=c1sc2n(c1=O)[C@H](c1ccc(F)cc1)C(C(=O)Nc1ccccc1)=C(C)N=2. The van der Waals surface area contributed by atoms with E-state index in [2.05, 4.69) is 10.3 Å². The Bertz CT molecular complexity index is 1810. The van der Waals surface area contributed by atoms with Crippen LogP contribution in [-0.4, -0.2) is 29.7 Å². The average Bonchev–Trinajstić information content (AvgIpc) is 3.27. The second kappa shape index (κ2) is 12.1. The molecule has 5 rings (SSSR count). The molecule has 2 heterocycles. The van der Waals surface area contributed by atoms with Gasteiger partial charge in [0, 0.05) is 11.3 Å². The molecule has 0 saturated heterocycles. The second-order valence-electron chi connectivity index (χ2n) is 9.09. The van der Waals surface area contributed by atoms with Crippen LogP contribution in [0.25, 0.3) is 6.08 Å². The molecular weight excluding hydrogens is 545 g/mol. The molecule has 0 saturated carbocycles. The maximum absolute atomic E-state index is 13.9. The van der Waals surface area contributed by atoms with Crippen molar-refractivity contribution in [3.8, 4) is 5.75 Å². The van der Waals surface area contributed by atoms with Gasteiger partial charge in [0.25, 0.3) is 11.5 Å². The van der Waals surface area contributed by atoms with Gasteiger partial charge in [-0.05, 0) is 55.8 Å². The van der Waals surface area contributed by atoms with Crippen LogP contribution in [0.2, 0.25) is 0 Å². The van der Waals surface area contributed by atoms with Crippen LogP contribution >= 0.6 is 11.3 Å². The van der Waals surface area contributed by atoms with E-state index in [1.807, 2.05) is 6.07 Å². The Morgan fingerprint density at radius 2 is 1.76 bits per heavy atom. The number of hydrogen-bond donors (Lipinski definition) is 1. The zero-order chi connectivity index (χ0) is 28.9. The number of halogens is 1. The summed E-state index contributed by atoms with van der Waals surface area (Å²) in [4.78, 5) is 44.3. The predicted molar refractivity (Wildman–Crippen MR) is 154 cm³/mol. The highest BCUT2D eigenvalue weighted by Gasteiger charge is 2.32. The van der Waals surface area contributed by atoms with Gasteiger partial charge < -0.3 is 14.8 Å². The van der Waals surface area contributed by atoms with Gasteiger partial charge in [0.15, 0.2) is 11.4 Å². The molecule has 0 unspecified atom stereocenters. The molecule has 0 fully saturated rings. The van der Waals surface area contributed by atoms with Gasteiger partial charge in [0.05, 0.1) is 28.5 Å². The molecule has 1 N–H and O–H groups in total. The highest BCUT2D eigenvalue weighted by atomic mass is 32.1. The lowest BCUT2D eigenvalue weighted by Crippen LogP contribution is -2.40. The van der Waals surface area contributed by atoms with Gasteiger partial charge in [-0.2, -0.15) is 0 Å². The summed E-state index contributed by atoms with van der Waals surface area (Å²) in [6.45, 7) is 3.39. The van der Waals surface area contributed by atoms with Gasteiger partial charge in [0.2, 0.25) is 0 Å². The van der Waals surface area contributed by atoms with Gasteiger partial charge in [0.1, 0.15) is 11.6 Å². The third-order valence-corrected chi connectivity index (χ3v) is 7.32. The first-order valence-corrected chi connectivity index (χ1v) is 13.7. The number of benzene rings is 3. The van der Waals surface area contributed by atoms with E-state index in [1.54, 1.807) is 80.6 Å². The summed E-state index contributed by atoms with van der Waals surface area (Å²) in [5, 5.41) is 2.88. The van der Waals surface area contributed by atoms with Crippen LogP contribution in [-0.2, 0) is 14.3 Å². The molecule has 1 amide bonds. The minimum Gasteiger partial charge on any atom is -0.481 e. The molecular formula is C31H26FN3O5S. The van der Waals surface area contributed by atoms with Crippen molar-refractivity contribution in [1.29, 1.82) is 0 Å². The summed E-state index contributed by atoms with van der Waals surface area (Å²) in [6.07, 6.45) is 1.66. The fraction of sp³-hybridized carbons (Fsp3) is 0.161. The highest BCUT2D eigenvalue weighted by molar-refractivity contribution is 7.07. The van der Waals surface area contributed by atoms with E-state index in [4.69, 9.17) is 9.47 Å². The molecule has 208 valence electrons. The number of fused-ring (bicyclic) bond motifs is 1. The van der Waals surface area contributed by atoms with E-state index in [1.165, 1.54) is 16.7 Å². The lowest BCUT2D eigenvalue weighted by molar-refractivity contribution is -0.145. The quantitative estimate of drug-likeness (QED) is 0.323. The summed E-state index contributed by atoms with van der Waals surface area (Å²) in [6, 6.07) is 20.8. The van der Waals surface area contributed by atoms with E-state index >= 15 is 0 Å². The molecule has 3 aromatic carbocycles. The van der Waals surface area contributed by atoms with Crippen molar-refractivity contribution in [2.24, 2.45) is 4.99 Å². The molecule has 0 aliphatic carbocycles. The lowest BCUT2D eigenvalue weighted by Gasteiger charge is -2.25. The highest BCUT2D eigenvalue weighted by Crippen LogP contribution is 2.31. The van der Waals surface area contributed by atoms with E-state index < -0.39 is 23.7 Å². The topological polar surface area (TPSA) is 99.0 Å². The Balaban J connectivity index is 1.60. The predicted octanol–water partition coefficient (Wildman–Crippen LogP) is 3.95. The van der Waals surface area contributed by atoms with Crippen LogP contribution in [0.3, 0.4) is 0 Å². The smallest absolute Gasteiger partial charge is 0.344 e. The lowest BCUT2D eigenvalue weighted by atomic mass is 9.95. The fourth-order valence-electron chi connectivity index (χ4n) is 4.50. The van der Waals surface area contributed by atoms with Crippen LogP contribution < -0.4 is 24.9 Å². The van der Waals surface area contributed by atoms with E-state index in [0.29, 0.717) is 37.6 Å². The van der Waals surface area contributed by atoms with Crippen molar-refractivity contribution in [1.82, 2.24) is 4.57 Å². The third kappa shape index (κ3) is 6.02. The minimum atomic E-state index is -0.840. The van der Waals surface area contributed by atoms with Gasteiger partial charge >= 0.3 is 5.97 Å². The first-order chi connectivity index (χ1) is 19.9. The monoisotopic (exact) mass is 571 g/mol. The van der Waals surface area contributed by atoms with Crippen LogP contribution in [0.5, 0.6) is 5.75 Å². The summed E-state index contributed by atoms with van der Waals surface area (Å²) in [5.41, 5.74) is 2.08. The molecule has 8 nitrogen and oxygen atoms in total. The molecule has 1 aliphatic heterocycles. The number of anilines is 1. The number of thiazole rings is 1. The van der Waals surface area contributed by atoms with E-state index in [-0.39, 0.29) is 24.3 Å². The number of ether oxygens (including phenoxy) is 2. The molecule has 10 heteroatoms. The number of allylic oxidation sites excluding steroid dienone is 1. The van der Waals surface area contributed by atoms with Gasteiger partial charge in [-0.3, -0.25) is 14.2 Å². The molecule has 4 aromatic rings. The number of aromatic nitrogens is 1. The summed E-state index contributed by atoms with van der Waals surface area (Å²) < 4.78 is 26.3. The van der Waals surface area contributed by atoms with Crippen LogP contribution in [0.1, 0.15) is 31.0 Å². The van der Waals surface area contributed by atoms with E-state index in [9.17, 15) is 18.8 Å². The average molecular weight is 572 g/mol. The fourth-order valence-corrected chi connectivity index (χ4v) is 5.54. The van der Waals surface area contributed by atoms with Crippen molar-refractivity contribution < 1.29 is 23.5 Å². The van der Waals surface area contributed by atoms with Crippen molar-refractivity contribution in [2.45, 2.75) is 19.9 Å². The second-order valence-corrected chi connectivity index (χ2v) is 10.1. The molecule has 0 bridgehead atoms. The van der Waals surface area contributed by atoms with Gasteiger partial charge in [-0.15, -0.1) is 0 Å². The standard InChI is InChI=1S/C31H26FN3O5S/c1-3-39-26(36)18-40-24-12-8-7-9-21(24)17-25-30(38)35-28(20-13-15-22(32)16-14-20)27(19(2)33-31(35)41-25)29(37)34-23-10-5-4-6-11-23/h4-17,28H,3,18H2,1-2H3,(H,34,37)/t28-/m1/s1. The number of hydrogen-bond acceptors (Lipinski definition) is 7. The Morgan fingerprint density at radius 3 is 2.49 bits per heavy atom. The summed E-state index contributed by atoms with van der Waals surface area (Å²) >= 11 is 1.16. The van der Waals surface area contributed by atoms with Crippen LogP contribution in [0.15, 0.2) is 99.9 Å². The van der Waals surface area contributed by atoms with Crippen molar-refractivity contribution in [3.63, 3.8) is 0 Å². The zero-order valence-electron chi connectivity index (χ0n) is 22.3.